The average molecular weight is 421 g/mol. The molecule has 0 saturated carbocycles. The third kappa shape index (κ3) is 4.25. The summed E-state index contributed by atoms with van der Waals surface area (Å²) >= 11 is 1.43. The lowest BCUT2D eigenvalue weighted by Gasteiger charge is -2.13. The summed E-state index contributed by atoms with van der Waals surface area (Å²) in [7, 11) is 0. The van der Waals surface area contributed by atoms with Crippen molar-refractivity contribution in [3.8, 4) is 11.4 Å². The van der Waals surface area contributed by atoms with Gasteiger partial charge in [0.2, 0.25) is 11.1 Å². The van der Waals surface area contributed by atoms with Crippen LogP contribution in [-0.4, -0.2) is 56.6 Å². The molecular formula is C21H19N5O3S. The smallest absolute Gasteiger partial charge is 0.261 e. The third-order valence-corrected chi connectivity index (χ3v) is 5.46. The number of amides is 3. The van der Waals surface area contributed by atoms with E-state index in [2.05, 4.69) is 20.5 Å². The standard InChI is InChI=1S/C21H19N5O3S/c27-17(10-12-26-19(28)15-8-4-5-9-16(15)20(26)29)22-11-13-30-21-23-18(24-25-21)14-6-2-1-3-7-14/h1-9H,10-13H2,(H,22,27)(H,23,24,25). The quantitative estimate of drug-likeness (QED) is 0.328. The highest BCUT2D eigenvalue weighted by atomic mass is 32.2. The first-order valence-electron chi connectivity index (χ1n) is 9.46. The van der Waals surface area contributed by atoms with Gasteiger partial charge in [0.05, 0.1) is 11.1 Å². The van der Waals surface area contributed by atoms with E-state index in [1.165, 1.54) is 11.8 Å². The number of H-pyrrole nitrogens is 1. The fraction of sp³-hybridized carbons (Fsp3) is 0.190. The van der Waals surface area contributed by atoms with Crippen LogP contribution in [0.25, 0.3) is 11.4 Å². The van der Waals surface area contributed by atoms with Crippen molar-refractivity contribution in [2.75, 3.05) is 18.8 Å². The van der Waals surface area contributed by atoms with Gasteiger partial charge in [-0.25, -0.2) is 4.98 Å². The number of carbonyl (C=O) groups is 3. The van der Waals surface area contributed by atoms with Crippen LogP contribution in [-0.2, 0) is 4.79 Å². The Labute approximate surface area is 177 Å². The zero-order chi connectivity index (χ0) is 20.9. The van der Waals surface area contributed by atoms with E-state index in [1.807, 2.05) is 30.3 Å². The van der Waals surface area contributed by atoms with E-state index in [9.17, 15) is 14.4 Å². The molecule has 0 spiro atoms. The molecular weight excluding hydrogens is 402 g/mol. The molecule has 0 radical (unpaired) electrons. The number of hydrogen-bond acceptors (Lipinski definition) is 6. The number of hydrogen-bond donors (Lipinski definition) is 2. The number of rotatable bonds is 8. The van der Waals surface area contributed by atoms with Crippen molar-refractivity contribution in [1.82, 2.24) is 25.4 Å². The van der Waals surface area contributed by atoms with E-state index in [4.69, 9.17) is 0 Å². The predicted molar refractivity (Wildman–Crippen MR) is 112 cm³/mol. The highest BCUT2D eigenvalue weighted by Crippen LogP contribution is 2.22. The van der Waals surface area contributed by atoms with Gasteiger partial charge < -0.3 is 5.32 Å². The summed E-state index contributed by atoms with van der Waals surface area (Å²) in [5.41, 5.74) is 1.74. The van der Waals surface area contributed by atoms with E-state index >= 15 is 0 Å². The molecule has 0 atom stereocenters. The van der Waals surface area contributed by atoms with Crippen molar-refractivity contribution in [2.45, 2.75) is 11.6 Å². The van der Waals surface area contributed by atoms with Crippen LogP contribution in [0.5, 0.6) is 0 Å². The van der Waals surface area contributed by atoms with Gasteiger partial charge in [0.1, 0.15) is 0 Å². The van der Waals surface area contributed by atoms with Gasteiger partial charge in [-0.15, -0.1) is 5.10 Å². The van der Waals surface area contributed by atoms with Gasteiger partial charge in [-0.05, 0) is 12.1 Å². The number of carbonyl (C=O) groups excluding carboxylic acids is 3. The van der Waals surface area contributed by atoms with Crippen LogP contribution in [0.4, 0.5) is 0 Å². The largest absolute Gasteiger partial charge is 0.355 e. The number of nitrogens with one attached hydrogen (secondary N) is 2. The number of imide groups is 1. The van der Waals surface area contributed by atoms with Gasteiger partial charge in [0.25, 0.3) is 11.8 Å². The summed E-state index contributed by atoms with van der Waals surface area (Å²) in [6.45, 7) is 0.494. The van der Waals surface area contributed by atoms with Gasteiger partial charge >= 0.3 is 0 Å². The fourth-order valence-electron chi connectivity index (χ4n) is 3.11. The lowest BCUT2D eigenvalue weighted by molar-refractivity contribution is -0.121. The number of aromatic nitrogens is 3. The Kier molecular flexibility index (Phi) is 5.89. The molecule has 2 aromatic carbocycles. The van der Waals surface area contributed by atoms with Crippen LogP contribution in [0.2, 0.25) is 0 Å². The average Bonchev–Trinajstić information content (AvgIpc) is 3.34. The topological polar surface area (TPSA) is 108 Å². The van der Waals surface area contributed by atoms with Crippen molar-refractivity contribution in [3.63, 3.8) is 0 Å². The number of benzene rings is 2. The lowest BCUT2D eigenvalue weighted by Crippen LogP contribution is -2.35. The Hall–Kier alpha value is -3.46. The molecule has 3 amide bonds. The minimum absolute atomic E-state index is 0.0622. The fourth-order valence-corrected chi connectivity index (χ4v) is 3.77. The molecule has 8 nitrogen and oxygen atoms in total. The monoisotopic (exact) mass is 421 g/mol. The molecule has 2 N–H and O–H groups in total. The molecule has 1 aliphatic heterocycles. The molecule has 0 aliphatic carbocycles. The van der Waals surface area contributed by atoms with Crippen LogP contribution < -0.4 is 5.32 Å². The van der Waals surface area contributed by atoms with Gasteiger partial charge in [-0.3, -0.25) is 24.4 Å². The second-order valence-corrected chi connectivity index (χ2v) is 7.65. The predicted octanol–water partition coefficient (Wildman–Crippen LogP) is 2.37. The van der Waals surface area contributed by atoms with Crippen LogP contribution in [0.15, 0.2) is 59.8 Å². The second-order valence-electron chi connectivity index (χ2n) is 6.59. The summed E-state index contributed by atoms with van der Waals surface area (Å²) in [4.78, 5) is 42.2. The van der Waals surface area contributed by atoms with E-state index in [0.717, 1.165) is 10.5 Å². The summed E-state index contributed by atoms with van der Waals surface area (Å²) in [6, 6.07) is 16.4. The number of fused-ring (bicyclic) bond motifs is 1. The summed E-state index contributed by atoms with van der Waals surface area (Å²) < 4.78 is 0. The Morgan fingerprint density at radius 2 is 1.67 bits per heavy atom. The van der Waals surface area contributed by atoms with Crippen molar-refractivity contribution < 1.29 is 14.4 Å². The molecule has 30 heavy (non-hydrogen) atoms. The number of aromatic amines is 1. The Morgan fingerprint density at radius 3 is 2.37 bits per heavy atom. The van der Waals surface area contributed by atoms with Crippen molar-refractivity contribution in [1.29, 1.82) is 0 Å². The van der Waals surface area contributed by atoms with Gasteiger partial charge in [-0.1, -0.05) is 54.2 Å². The first-order chi connectivity index (χ1) is 14.6. The van der Waals surface area contributed by atoms with Crippen LogP contribution in [0.1, 0.15) is 27.1 Å². The Balaban J connectivity index is 1.19. The molecule has 0 saturated heterocycles. The maximum absolute atomic E-state index is 12.3. The second kappa shape index (κ2) is 8.91. The van der Waals surface area contributed by atoms with Crippen LogP contribution >= 0.6 is 11.8 Å². The highest BCUT2D eigenvalue weighted by Gasteiger charge is 2.34. The highest BCUT2D eigenvalue weighted by molar-refractivity contribution is 7.99. The molecule has 3 aromatic rings. The Bertz CT molecular complexity index is 1050. The summed E-state index contributed by atoms with van der Waals surface area (Å²) in [6.07, 6.45) is 0.0644. The van der Waals surface area contributed by atoms with Crippen molar-refractivity contribution in [2.24, 2.45) is 0 Å². The first-order valence-corrected chi connectivity index (χ1v) is 10.4. The molecule has 0 unspecified atom stereocenters. The zero-order valence-corrected chi connectivity index (χ0v) is 16.8. The van der Waals surface area contributed by atoms with Crippen molar-refractivity contribution >= 4 is 29.5 Å². The number of thioether (sulfide) groups is 1. The number of nitrogens with zero attached hydrogens (tertiary/aromatic N) is 3. The molecule has 0 bridgehead atoms. The minimum atomic E-state index is -0.349. The van der Waals surface area contributed by atoms with Gasteiger partial charge in [0.15, 0.2) is 5.82 Å². The van der Waals surface area contributed by atoms with E-state index in [-0.39, 0.29) is 30.7 Å². The minimum Gasteiger partial charge on any atom is -0.355 e. The Morgan fingerprint density at radius 1 is 1.00 bits per heavy atom. The summed E-state index contributed by atoms with van der Waals surface area (Å²) in [5, 5.41) is 10.5. The third-order valence-electron chi connectivity index (χ3n) is 4.61. The molecule has 1 aliphatic rings. The maximum Gasteiger partial charge on any atom is 0.261 e. The summed E-state index contributed by atoms with van der Waals surface area (Å²) in [5.74, 6) is 0.385. The first kappa shape index (κ1) is 19.8. The van der Waals surface area contributed by atoms with Crippen molar-refractivity contribution in [3.05, 3.63) is 65.7 Å². The van der Waals surface area contributed by atoms with E-state index in [1.54, 1.807) is 24.3 Å². The molecule has 1 aromatic heterocycles. The molecule has 2 heterocycles. The van der Waals surface area contributed by atoms with Gasteiger partial charge in [0, 0.05) is 30.8 Å². The molecule has 9 heteroatoms. The van der Waals surface area contributed by atoms with E-state index < -0.39 is 0 Å². The SMILES string of the molecule is O=C(CCN1C(=O)c2ccccc2C1=O)NCCSc1n[nH]c(-c2ccccc2)n1. The lowest BCUT2D eigenvalue weighted by atomic mass is 10.1. The molecule has 4 rings (SSSR count). The normalized spacial score (nSPS) is 12.9. The van der Waals surface area contributed by atoms with Gasteiger partial charge in [-0.2, -0.15) is 0 Å². The maximum atomic E-state index is 12.3. The molecule has 0 fully saturated rings. The molecule has 152 valence electrons. The van der Waals surface area contributed by atoms with Crippen LogP contribution in [0.3, 0.4) is 0 Å². The zero-order valence-electron chi connectivity index (χ0n) is 16.0. The van der Waals surface area contributed by atoms with E-state index in [0.29, 0.717) is 34.4 Å². The van der Waals surface area contributed by atoms with Crippen LogP contribution in [0, 0.1) is 0 Å².